The second-order valence-corrected chi connectivity index (χ2v) is 4.34. The molecule has 1 aromatic rings. The second kappa shape index (κ2) is 3.52. The molecule has 0 amide bonds. The molecule has 0 N–H and O–H groups in total. The first kappa shape index (κ1) is 9.38. The lowest BCUT2D eigenvalue weighted by atomic mass is 9.81. The molecule has 0 bridgehead atoms. The molecule has 0 spiro atoms. The zero-order chi connectivity index (χ0) is 10.0. The first-order valence-corrected chi connectivity index (χ1v) is 5.17. The number of ketones is 1. The molecule has 1 heterocycles. The number of nitrogens with zero attached hydrogens (tertiary/aromatic N) is 1. The maximum atomic E-state index is 12.1. The molecule has 1 aliphatic carbocycles. The van der Waals surface area contributed by atoms with Crippen molar-refractivity contribution in [3.63, 3.8) is 0 Å². The van der Waals surface area contributed by atoms with E-state index in [0.717, 1.165) is 18.4 Å². The number of pyridine rings is 1. The van der Waals surface area contributed by atoms with E-state index < -0.39 is 0 Å². The third kappa shape index (κ3) is 1.57. The summed E-state index contributed by atoms with van der Waals surface area (Å²) in [6.07, 6.45) is 7.80. The molecule has 74 valence electrons. The van der Waals surface area contributed by atoms with Gasteiger partial charge in [0.25, 0.3) is 0 Å². The van der Waals surface area contributed by atoms with Crippen LogP contribution in [0.4, 0.5) is 0 Å². The van der Waals surface area contributed by atoms with Crippen molar-refractivity contribution in [2.45, 2.75) is 32.6 Å². The van der Waals surface area contributed by atoms with Crippen LogP contribution in [0.1, 0.15) is 43.0 Å². The lowest BCUT2D eigenvalue weighted by Crippen LogP contribution is -2.24. The quantitative estimate of drug-likeness (QED) is 0.669. The number of aromatic nitrogens is 1. The molecule has 1 saturated carbocycles. The predicted molar refractivity (Wildman–Crippen MR) is 55.1 cm³/mol. The van der Waals surface area contributed by atoms with Crippen LogP contribution in [0, 0.1) is 5.41 Å². The Hall–Kier alpha value is -1.18. The number of carbonyl (C=O) groups excluding carboxylic acids is 1. The zero-order valence-corrected chi connectivity index (χ0v) is 8.49. The van der Waals surface area contributed by atoms with Crippen molar-refractivity contribution in [2.75, 3.05) is 0 Å². The zero-order valence-electron chi connectivity index (χ0n) is 8.49. The molecule has 1 aromatic heterocycles. The first-order chi connectivity index (χ1) is 6.72. The van der Waals surface area contributed by atoms with Gasteiger partial charge in [-0.25, -0.2) is 0 Å². The van der Waals surface area contributed by atoms with E-state index in [1.54, 1.807) is 12.4 Å². The molecule has 0 saturated heterocycles. The predicted octanol–water partition coefficient (Wildman–Crippen LogP) is 2.84. The summed E-state index contributed by atoms with van der Waals surface area (Å²) in [4.78, 5) is 16.1. The van der Waals surface area contributed by atoms with Gasteiger partial charge < -0.3 is 0 Å². The Morgan fingerprint density at radius 1 is 1.43 bits per heavy atom. The van der Waals surface area contributed by atoms with Crippen molar-refractivity contribution >= 4 is 5.78 Å². The third-order valence-corrected chi connectivity index (χ3v) is 3.18. The van der Waals surface area contributed by atoms with Crippen molar-refractivity contribution in [1.82, 2.24) is 4.98 Å². The van der Waals surface area contributed by atoms with Crippen LogP contribution in [-0.2, 0) is 0 Å². The third-order valence-electron chi connectivity index (χ3n) is 3.18. The Labute approximate surface area is 84.4 Å². The van der Waals surface area contributed by atoms with E-state index in [4.69, 9.17) is 0 Å². The van der Waals surface area contributed by atoms with Gasteiger partial charge in [-0.15, -0.1) is 0 Å². The first-order valence-electron chi connectivity index (χ1n) is 5.17. The molecule has 0 atom stereocenters. The molecular formula is C12H15NO. The van der Waals surface area contributed by atoms with Crippen LogP contribution in [0.15, 0.2) is 24.5 Å². The van der Waals surface area contributed by atoms with Gasteiger partial charge in [0.1, 0.15) is 0 Å². The Morgan fingerprint density at radius 3 is 2.71 bits per heavy atom. The van der Waals surface area contributed by atoms with Gasteiger partial charge in [-0.1, -0.05) is 19.8 Å². The number of hydrogen-bond acceptors (Lipinski definition) is 2. The van der Waals surface area contributed by atoms with Crippen LogP contribution in [0.5, 0.6) is 0 Å². The largest absolute Gasteiger partial charge is 0.294 e. The Bertz CT molecular complexity index is 325. The van der Waals surface area contributed by atoms with Gasteiger partial charge in [0.05, 0.1) is 0 Å². The number of hydrogen-bond donors (Lipinski definition) is 0. The average molecular weight is 189 g/mol. The number of rotatable bonds is 2. The van der Waals surface area contributed by atoms with Crippen LogP contribution in [0.3, 0.4) is 0 Å². The fourth-order valence-electron chi connectivity index (χ4n) is 2.23. The second-order valence-electron chi connectivity index (χ2n) is 4.34. The van der Waals surface area contributed by atoms with E-state index in [0.29, 0.717) is 0 Å². The molecule has 14 heavy (non-hydrogen) atoms. The molecule has 1 fully saturated rings. The van der Waals surface area contributed by atoms with E-state index in [9.17, 15) is 4.79 Å². The fourth-order valence-corrected chi connectivity index (χ4v) is 2.23. The van der Waals surface area contributed by atoms with E-state index in [2.05, 4.69) is 11.9 Å². The van der Waals surface area contributed by atoms with Crippen LogP contribution >= 0.6 is 0 Å². The van der Waals surface area contributed by atoms with Gasteiger partial charge in [0.15, 0.2) is 5.78 Å². The van der Waals surface area contributed by atoms with Gasteiger partial charge in [-0.3, -0.25) is 9.78 Å². The summed E-state index contributed by atoms with van der Waals surface area (Å²) in [5.41, 5.74) is 0.639. The van der Waals surface area contributed by atoms with E-state index >= 15 is 0 Å². The number of carbonyl (C=O) groups is 1. The molecular weight excluding hydrogens is 174 g/mol. The Morgan fingerprint density at radius 2 is 2.14 bits per heavy atom. The highest BCUT2D eigenvalue weighted by Crippen LogP contribution is 2.39. The lowest BCUT2D eigenvalue weighted by molar-refractivity contribution is 0.0823. The average Bonchev–Trinajstić information content (AvgIpc) is 2.67. The normalized spacial score (nSPS) is 19.5. The molecule has 0 aromatic carbocycles. The van der Waals surface area contributed by atoms with Gasteiger partial charge in [0, 0.05) is 23.4 Å². The van der Waals surface area contributed by atoms with Crippen LogP contribution in [0.2, 0.25) is 0 Å². The SMILES string of the molecule is CC1(C(=O)c2cccnc2)CCCC1. The minimum Gasteiger partial charge on any atom is -0.294 e. The van der Waals surface area contributed by atoms with Gasteiger partial charge >= 0.3 is 0 Å². The monoisotopic (exact) mass is 189 g/mol. The van der Waals surface area contributed by atoms with Crippen molar-refractivity contribution < 1.29 is 4.79 Å². The molecule has 2 heteroatoms. The van der Waals surface area contributed by atoms with Gasteiger partial charge in [0.2, 0.25) is 0 Å². The van der Waals surface area contributed by atoms with Crippen LogP contribution < -0.4 is 0 Å². The molecule has 0 radical (unpaired) electrons. The maximum Gasteiger partial charge on any atom is 0.170 e. The highest BCUT2D eigenvalue weighted by atomic mass is 16.1. The van der Waals surface area contributed by atoms with Crippen molar-refractivity contribution in [1.29, 1.82) is 0 Å². The summed E-state index contributed by atoms with van der Waals surface area (Å²) in [6, 6.07) is 3.68. The highest BCUT2D eigenvalue weighted by molar-refractivity contribution is 6.00. The Kier molecular flexibility index (Phi) is 2.36. The van der Waals surface area contributed by atoms with Crippen LogP contribution in [-0.4, -0.2) is 10.8 Å². The van der Waals surface area contributed by atoms with Crippen molar-refractivity contribution in [3.8, 4) is 0 Å². The van der Waals surface area contributed by atoms with Crippen molar-refractivity contribution in [2.24, 2.45) is 5.41 Å². The lowest BCUT2D eigenvalue weighted by Gasteiger charge is -2.21. The van der Waals surface area contributed by atoms with Crippen molar-refractivity contribution in [3.05, 3.63) is 30.1 Å². The minimum atomic E-state index is -0.122. The summed E-state index contributed by atoms with van der Waals surface area (Å²) in [6.45, 7) is 2.08. The molecule has 0 aliphatic heterocycles. The van der Waals surface area contributed by atoms with E-state index in [1.807, 2.05) is 12.1 Å². The van der Waals surface area contributed by atoms with E-state index in [1.165, 1.54) is 12.8 Å². The maximum absolute atomic E-state index is 12.1. The highest BCUT2D eigenvalue weighted by Gasteiger charge is 2.36. The van der Waals surface area contributed by atoms with E-state index in [-0.39, 0.29) is 11.2 Å². The molecule has 2 rings (SSSR count). The summed E-state index contributed by atoms with van der Waals surface area (Å²) >= 11 is 0. The molecule has 2 nitrogen and oxygen atoms in total. The summed E-state index contributed by atoms with van der Waals surface area (Å²) in [7, 11) is 0. The molecule has 1 aliphatic rings. The standard InChI is InChI=1S/C12H15NO/c1-12(6-2-3-7-12)11(14)10-5-4-8-13-9-10/h4-5,8-9H,2-3,6-7H2,1H3. The topological polar surface area (TPSA) is 30.0 Å². The fraction of sp³-hybridized carbons (Fsp3) is 0.500. The smallest absolute Gasteiger partial charge is 0.170 e. The van der Waals surface area contributed by atoms with Gasteiger partial charge in [-0.05, 0) is 25.0 Å². The Balaban J connectivity index is 2.24. The summed E-state index contributed by atoms with van der Waals surface area (Å²) < 4.78 is 0. The summed E-state index contributed by atoms with van der Waals surface area (Å²) in [5, 5.41) is 0. The minimum absolute atomic E-state index is 0.122. The van der Waals surface area contributed by atoms with Gasteiger partial charge in [-0.2, -0.15) is 0 Å². The molecule has 0 unspecified atom stereocenters. The number of Topliss-reactive ketones (excluding diaryl/α,β-unsaturated/α-hetero) is 1. The summed E-state index contributed by atoms with van der Waals surface area (Å²) in [5.74, 6) is 0.267. The van der Waals surface area contributed by atoms with Crippen LogP contribution in [0.25, 0.3) is 0 Å².